The van der Waals surface area contributed by atoms with Gasteiger partial charge in [-0.2, -0.15) is 4.89 Å². The van der Waals surface area contributed by atoms with Crippen molar-refractivity contribution < 1.29 is 14.9 Å². The first-order valence-electron chi connectivity index (χ1n) is 7.47. The molecule has 4 unspecified atom stereocenters. The van der Waals surface area contributed by atoms with E-state index >= 15 is 0 Å². The Hall–Kier alpha value is -0.120. The zero-order valence-electron chi connectivity index (χ0n) is 11.9. The van der Waals surface area contributed by atoms with Gasteiger partial charge in [-0.05, 0) is 31.1 Å². The topological polar surface area (TPSA) is 42.0 Å². The van der Waals surface area contributed by atoms with Crippen LogP contribution in [0.1, 0.15) is 65.7 Å². The van der Waals surface area contributed by atoms with Crippen molar-refractivity contribution in [2.75, 3.05) is 0 Å². The standard InChI is InChI=1S/C15H26O3/c1-13(2,3)15(18-16)14(17-15)9-8-11-6-4-5-7-12(11)10-14/h11-12,16H,4-10H2,1-3H3. The van der Waals surface area contributed by atoms with Gasteiger partial charge < -0.3 is 4.74 Å². The van der Waals surface area contributed by atoms with E-state index in [0.29, 0.717) is 0 Å². The highest BCUT2D eigenvalue weighted by Gasteiger charge is 2.78. The lowest BCUT2D eigenvalue weighted by Gasteiger charge is -2.40. The molecule has 3 aliphatic rings. The Morgan fingerprint density at radius 1 is 1.11 bits per heavy atom. The van der Waals surface area contributed by atoms with Crippen LogP contribution in [0.3, 0.4) is 0 Å². The molecule has 1 N–H and O–H groups in total. The number of epoxide rings is 1. The third-order valence-electron chi connectivity index (χ3n) is 5.59. The number of rotatable bonds is 1. The fourth-order valence-electron chi connectivity index (χ4n) is 4.59. The Balaban J connectivity index is 1.78. The summed E-state index contributed by atoms with van der Waals surface area (Å²) < 4.78 is 6.02. The maximum absolute atomic E-state index is 9.38. The van der Waals surface area contributed by atoms with Crippen molar-refractivity contribution in [3.8, 4) is 0 Å². The van der Waals surface area contributed by atoms with Crippen molar-refractivity contribution in [1.82, 2.24) is 0 Å². The fraction of sp³-hybridized carbons (Fsp3) is 1.00. The lowest BCUT2D eigenvalue weighted by molar-refractivity contribution is -0.345. The molecule has 3 fully saturated rings. The van der Waals surface area contributed by atoms with E-state index in [4.69, 9.17) is 9.62 Å². The van der Waals surface area contributed by atoms with Gasteiger partial charge in [0.25, 0.3) is 0 Å². The van der Waals surface area contributed by atoms with Crippen LogP contribution in [0, 0.1) is 17.3 Å². The molecule has 3 nitrogen and oxygen atoms in total. The van der Waals surface area contributed by atoms with Crippen LogP contribution < -0.4 is 0 Å². The van der Waals surface area contributed by atoms with Crippen LogP contribution in [-0.4, -0.2) is 16.6 Å². The minimum absolute atomic E-state index is 0.177. The molecule has 1 saturated heterocycles. The maximum atomic E-state index is 9.38. The summed E-state index contributed by atoms with van der Waals surface area (Å²) in [4.78, 5) is 4.86. The minimum atomic E-state index is -0.761. The van der Waals surface area contributed by atoms with Crippen molar-refractivity contribution in [3.05, 3.63) is 0 Å². The van der Waals surface area contributed by atoms with E-state index in [1.165, 1.54) is 32.1 Å². The van der Waals surface area contributed by atoms with Crippen LogP contribution in [0.15, 0.2) is 0 Å². The second kappa shape index (κ2) is 3.94. The molecule has 2 aliphatic carbocycles. The largest absolute Gasteiger partial charge is 0.332 e. The zero-order valence-corrected chi connectivity index (χ0v) is 11.9. The zero-order chi connectivity index (χ0) is 13.0. The summed E-state index contributed by atoms with van der Waals surface area (Å²) in [6.45, 7) is 6.26. The summed E-state index contributed by atoms with van der Waals surface area (Å²) in [5.41, 5.74) is -0.387. The Morgan fingerprint density at radius 3 is 2.33 bits per heavy atom. The van der Waals surface area contributed by atoms with Gasteiger partial charge in [-0.15, -0.1) is 0 Å². The molecule has 1 heterocycles. The first-order valence-corrected chi connectivity index (χ1v) is 7.47. The number of fused-ring (bicyclic) bond motifs is 1. The fourth-order valence-corrected chi connectivity index (χ4v) is 4.59. The van der Waals surface area contributed by atoms with Crippen LogP contribution >= 0.6 is 0 Å². The van der Waals surface area contributed by atoms with E-state index in [9.17, 15) is 5.26 Å². The Kier molecular flexibility index (Phi) is 2.82. The van der Waals surface area contributed by atoms with E-state index in [-0.39, 0.29) is 11.0 Å². The molecule has 0 aromatic carbocycles. The van der Waals surface area contributed by atoms with Crippen molar-refractivity contribution in [3.63, 3.8) is 0 Å². The Labute approximate surface area is 110 Å². The van der Waals surface area contributed by atoms with Gasteiger partial charge in [0.15, 0.2) is 0 Å². The Bertz CT molecular complexity index is 335. The third kappa shape index (κ3) is 1.60. The molecule has 4 atom stereocenters. The van der Waals surface area contributed by atoms with E-state index in [2.05, 4.69) is 20.8 Å². The molecular weight excluding hydrogens is 228 g/mol. The summed E-state index contributed by atoms with van der Waals surface area (Å²) in [6, 6.07) is 0. The normalized spacial score (nSPS) is 48.0. The van der Waals surface area contributed by atoms with E-state index in [0.717, 1.165) is 24.7 Å². The first-order chi connectivity index (χ1) is 8.44. The maximum Gasteiger partial charge on any atom is 0.236 e. The first kappa shape index (κ1) is 12.9. The lowest BCUT2D eigenvalue weighted by atomic mass is 9.64. The average molecular weight is 254 g/mol. The third-order valence-corrected chi connectivity index (χ3v) is 5.59. The summed E-state index contributed by atoms with van der Waals surface area (Å²) in [5.74, 6) is 0.916. The van der Waals surface area contributed by atoms with Gasteiger partial charge in [0.05, 0.1) is 0 Å². The quantitative estimate of drug-likeness (QED) is 0.437. The number of ether oxygens (including phenoxy) is 1. The van der Waals surface area contributed by atoms with Gasteiger partial charge >= 0.3 is 0 Å². The van der Waals surface area contributed by atoms with Crippen LogP contribution in [0.5, 0.6) is 0 Å². The van der Waals surface area contributed by atoms with Gasteiger partial charge in [-0.3, -0.25) is 0 Å². The van der Waals surface area contributed by atoms with E-state index in [1.807, 2.05) is 0 Å². The van der Waals surface area contributed by atoms with Crippen LogP contribution in [0.2, 0.25) is 0 Å². The second-order valence-electron chi connectivity index (χ2n) is 7.60. The number of hydrogen-bond donors (Lipinski definition) is 1. The average Bonchev–Trinajstić information content (AvgIpc) is 2.97. The van der Waals surface area contributed by atoms with Crippen LogP contribution in [-0.2, 0) is 9.62 Å². The molecule has 1 aliphatic heterocycles. The summed E-state index contributed by atoms with van der Waals surface area (Å²) in [5, 5.41) is 9.38. The predicted octanol–water partition coefficient (Wildman–Crippen LogP) is 3.98. The van der Waals surface area contributed by atoms with Crippen LogP contribution in [0.25, 0.3) is 0 Å². The van der Waals surface area contributed by atoms with E-state index in [1.54, 1.807) is 0 Å². The molecule has 3 heteroatoms. The molecule has 0 radical (unpaired) electrons. The van der Waals surface area contributed by atoms with Gasteiger partial charge in [-0.1, -0.05) is 46.5 Å². The monoisotopic (exact) mass is 254 g/mol. The van der Waals surface area contributed by atoms with E-state index < -0.39 is 5.79 Å². The van der Waals surface area contributed by atoms with Crippen molar-refractivity contribution >= 4 is 0 Å². The minimum Gasteiger partial charge on any atom is -0.332 e. The smallest absolute Gasteiger partial charge is 0.236 e. The predicted molar refractivity (Wildman–Crippen MR) is 69.0 cm³/mol. The summed E-state index contributed by atoms with van der Waals surface area (Å²) >= 11 is 0. The molecule has 104 valence electrons. The summed E-state index contributed by atoms with van der Waals surface area (Å²) in [6.07, 6.45) is 8.85. The van der Waals surface area contributed by atoms with Crippen molar-refractivity contribution in [1.29, 1.82) is 0 Å². The summed E-state index contributed by atoms with van der Waals surface area (Å²) in [7, 11) is 0. The number of hydrogen-bond acceptors (Lipinski definition) is 3. The second-order valence-corrected chi connectivity index (χ2v) is 7.60. The van der Waals surface area contributed by atoms with Gasteiger partial charge in [0.2, 0.25) is 5.79 Å². The molecule has 18 heavy (non-hydrogen) atoms. The molecule has 0 bridgehead atoms. The van der Waals surface area contributed by atoms with Crippen molar-refractivity contribution in [2.24, 2.45) is 17.3 Å². The highest BCUT2D eigenvalue weighted by molar-refractivity contribution is 5.17. The SMILES string of the molecule is CC(C)(C)C1(OO)OC12CCC1CCCCC1C2. The lowest BCUT2D eigenvalue weighted by Crippen LogP contribution is -2.44. The molecule has 0 amide bonds. The van der Waals surface area contributed by atoms with Gasteiger partial charge in [-0.25, -0.2) is 5.26 Å². The molecule has 0 aromatic rings. The van der Waals surface area contributed by atoms with Gasteiger partial charge in [0, 0.05) is 5.41 Å². The molecular formula is C15H26O3. The molecule has 3 rings (SSSR count). The highest BCUT2D eigenvalue weighted by Crippen LogP contribution is 2.66. The van der Waals surface area contributed by atoms with Crippen molar-refractivity contribution in [2.45, 2.75) is 77.1 Å². The molecule has 1 spiro atoms. The molecule has 2 saturated carbocycles. The van der Waals surface area contributed by atoms with Gasteiger partial charge in [0.1, 0.15) is 5.60 Å². The Morgan fingerprint density at radius 2 is 1.78 bits per heavy atom. The van der Waals surface area contributed by atoms with Crippen LogP contribution in [0.4, 0.5) is 0 Å². The highest BCUT2D eigenvalue weighted by atomic mass is 17.2. The molecule has 0 aromatic heterocycles.